The van der Waals surface area contributed by atoms with Crippen LogP contribution >= 0.6 is 0 Å². The summed E-state index contributed by atoms with van der Waals surface area (Å²) < 4.78 is 36.1. The van der Waals surface area contributed by atoms with Crippen LogP contribution in [0, 0.1) is 5.82 Å². The van der Waals surface area contributed by atoms with Gasteiger partial charge in [-0.3, -0.25) is 0 Å². The number of pyridine rings is 1. The molecule has 1 N–H and O–H groups in total. The maximum atomic E-state index is 12.9. The molecule has 2 rings (SSSR count). The molecule has 0 bridgehead atoms. The highest BCUT2D eigenvalue weighted by Gasteiger charge is 2.24. The summed E-state index contributed by atoms with van der Waals surface area (Å²) in [5, 5.41) is 8.74. The molecule has 0 saturated heterocycles. The van der Waals surface area contributed by atoms with Crippen molar-refractivity contribution < 1.29 is 22.7 Å². The van der Waals surface area contributed by atoms with Gasteiger partial charge in [0.2, 0.25) is 0 Å². The molecule has 7 heteroatoms. The smallest absolute Gasteiger partial charge is 0.339 e. The number of aromatic nitrogens is 1. The van der Waals surface area contributed by atoms with Gasteiger partial charge in [-0.2, -0.15) is 0 Å². The molecule has 0 atom stereocenters. The molecular formula is C13H10FNO4S. The quantitative estimate of drug-likeness (QED) is 0.936. The number of hydrogen-bond donors (Lipinski definition) is 1. The first-order chi connectivity index (χ1) is 9.30. The predicted molar refractivity (Wildman–Crippen MR) is 69.7 cm³/mol. The number of rotatable bonds is 3. The molecule has 2 aromatic rings. The van der Waals surface area contributed by atoms with Gasteiger partial charge in [0, 0.05) is 18.0 Å². The summed E-state index contributed by atoms with van der Waals surface area (Å²) in [5.74, 6) is -1.87. The topological polar surface area (TPSA) is 84.3 Å². The van der Waals surface area contributed by atoms with E-state index in [1.807, 2.05) is 0 Å². The van der Waals surface area contributed by atoms with Crippen LogP contribution in [0.4, 0.5) is 4.39 Å². The standard InChI is InChI=1S/C13H10FNO4S/c1-20(18,19)12-11(13(16)17)10(6-7-15-12)8-2-4-9(14)5-3-8/h2-7H,1H3,(H,16,17). The molecule has 20 heavy (non-hydrogen) atoms. The van der Waals surface area contributed by atoms with Gasteiger partial charge in [0.15, 0.2) is 14.9 Å². The van der Waals surface area contributed by atoms with Crippen LogP contribution in [0.1, 0.15) is 10.4 Å². The average molecular weight is 295 g/mol. The number of carbonyl (C=O) groups is 1. The third kappa shape index (κ3) is 2.67. The second-order valence-electron chi connectivity index (χ2n) is 4.12. The van der Waals surface area contributed by atoms with Gasteiger partial charge < -0.3 is 5.11 Å². The van der Waals surface area contributed by atoms with Gasteiger partial charge in [-0.05, 0) is 23.8 Å². The van der Waals surface area contributed by atoms with E-state index in [0.717, 1.165) is 6.26 Å². The average Bonchev–Trinajstić information content (AvgIpc) is 2.37. The number of nitrogens with zero attached hydrogens (tertiary/aromatic N) is 1. The fourth-order valence-electron chi connectivity index (χ4n) is 1.80. The van der Waals surface area contributed by atoms with E-state index in [1.165, 1.54) is 36.5 Å². The summed E-state index contributed by atoms with van der Waals surface area (Å²) >= 11 is 0. The lowest BCUT2D eigenvalue weighted by Crippen LogP contribution is -2.11. The van der Waals surface area contributed by atoms with Crippen LogP contribution in [0.2, 0.25) is 0 Å². The molecule has 0 aliphatic rings. The monoisotopic (exact) mass is 295 g/mol. The molecule has 0 aliphatic carbocycles. The number of hydrogen-bond acceptors (Lipinski definition) is 4. The third-order valence-corrected chi connectivity index (χ3v) is 3.65. The lowest BCUT2D eigenvalue weighted by molar-refractivity contribution is 0.0692. The molecule has 0 radical (unpaired) electrons. The summed E-state index contributed by atoms with van der Waals surface area (Å²) in [4.78, 5) is 15.0. The molecule has 0 spiro atoms. The predicted octanol–water partition coefficient (Wildman–Crippen LogP) is 1.99. The Morgan fingerprint density at radius 2 is 1.80 bits per heavy atom. The Kier molecular flexibility index (Phi) is 3.54. The van der Waals surface area contributed by atoms with Crippen molar-refractivity contribution in [3.63, 3.8) is 0 Å². The van der Waals surface area contributed by atoms with Gasteiger partial charge in [-0.1, -0.05) is 12.1 Å². The van der Waals surface area contributed by atoms with Crippen molar-refractivity contribution in [2.45, 2.75) is 5.03 Å². The van der Waals surface area contributed by atoms with Crippen LogP contribution < -0.4 is 0 Å². The Hall–Kier alpha value is -2.28. The number of aromatic carboxylic acids is 1. The van der Waals surface area contributed by atoms with E-state index in [-0.39, 0.29) is 5.56 Å². The van der Waals surface area contributed by atoms with Gasteiger partial charge in [-0.25, -0.2) is 22.6 Å². The van der Waals surface area contributed by atoms with Crippen LogP contribution in [-0.2, 0) is 9.84 Å². The van der Waals surface area contributed by atoms with Crippen molar-refractivity contribution in [2.24, 2.45) is 0 Å². The lowest BCUT2D eigenvalue weighted by Gasteiger charge is -2.09. The zero-order valence-corrected chi connectivity index (χ0v) is 11.2. The number of carboxylic acids is 1. The Labute approximate surface area is 114 Å². The van der Waals surface area contributed by atoms with Crippen LogP contribution in [-0.4, -0.2) is 30.7 Å². The largest absolute Gasteiger partial charge is 0.478 e. The summed E-state index contributed by atoms with van der Waals surface area (Å²) in [5.41, 5.74) is 0.158. The van der Waals surface area contributed by atoms with E-state index < -0.39 is 32.2 Å². The minimum atomic E-state index is -3.78. The number of benzene rings is 1. The van der Waals surface area contributed by atoms with Gasteiger partial charge in [0.05, 0.1) is 0 Å². The number of sulfone groups is 1. The number of carboxylic acid groups (broad SMARTS) is 1. The molecule has 0 aliphatic heterocycles. The first-order valence-electron chi connectivity index (χ1n) is 5.49. The highest BCUT2D eigenvalue weighted by atomic mass is 32.2. The maximum absolute atomic E-state index is 12.9. The van der Waals surface area contributed by atoms with Crippen LogP contribution in [0.25, 0.3) is 11.1 Å². The van der Waals surface area contributed by atoms with E-state index >= 15 is 0 Å². The van der Waals surface area contributed by atoms with Gasteiger partial charge >= 0.3 is 5.97 Å². The van der Waals surface area contributed by atoms with Gasteiger partial charge in [0.1, 0.15) is 11.4 Å². The van der Waals surface area contributed by atoms with Crippen LogP contribution in [0.5, 0.6) is 0 Å². The Balaban J connectivity index is 2.77. The summed E-state index contributed by atoms with van der Waals surface area (Å²) in [6, 6.07) is 6.47. The highest BCUT2D eigenvalue weighted by molar-refractivity contribution is 7.90. The van der Waals surface area contributed by atoms with E-state index in [2.05, 4.69) is 4.98 Å². The summed E-state index contributed by atoms with van der Waals surface area (Å²) in [6.07, 6.45) is 2.09. The molecule has 0 saturated carbocycles. The second-order valence-corrected chi connectivity index (χ2v) is 6.05. The number of halogens is 1. The minimum absolute atomic E-state index is 0.174. The fraction of sp³-hybridized carbons (Fsp3) is 0.0769. The minimum Gasteiger partial charge on any atom is -0.478 e. The molecule has 1 aromatic carbocycles. The van der Waals surface area contributed by atoms with E-state index in [4.69, 9.17) is 0 Å². The van der Waals surface area contributed by atoms with E-state index in [9.17, 15) is 22.7 Å². The first-order valence-corrected chi connectivity index (χ1v) is 7.38. The molecular weight excluding hydrogens is 285 g/mol. The first kappa shape index (κ1) is 14.1. The highest BCUT2D eigenvalue weighted by Crippen LogP contribution is 2.27. The molecule has 1 heterocycles. The van der Waals surface area contributed by atoms with Crippen LogP contribution in [0.15, 0.2) is 41.6 Å². The van der Waals surface area contributed by atoms with Crippen molar-refractivity contribution in [3.05, 3.63) is 47.9 Å². The maximum Gasteiger partial charge on any atom is 0.339 e. The Morgan fingerprint density at radius 1 is 1.20 bits per heavy atom. The molecule has 0 fully saturated rings. The zero-order valence-electron chi connectivity index (χ0n) is 10.4. The molecule has 5 nitrogen and oxygen atoms in total. The lowest BCUT2D eigenvalue weighted by atomic mass is 10.0. The van der Waals surface area contributed by atoms with E-state index in [0.29, 0.717) is 5.56 Å². The van der Waals surface area contributed by atoms with Crippen molar-refractivity contribution in [1.29, 1.82) is 0 Å². The third-order valence-electron chi connectivity index (χ3n) is 2.64. The zero-order chi connectivity index (χ0) is 14.9. The fourth-order valence-corrected chi connectivity index (χ4v) is 2.62. The normalized spacial score (nSPS) is 11.3. The van der Waals surface area contributed by atoms with Crippen LogP contribution in [0.3, 0.4) is 0 Å². The molecule has 104 valence electrons. The van der Waals surface area contributed by atoms with Crippen molar-refractivity contribution >= 4 is 15.8 Å². The Morgan fingerprint density at radius 3 is 2.30 bits per heavy atom. The van der Waals surface area contributed by atoms with E-state index in [1.54, 1.807) is 0 Å². The van der Waals surface area contributed by atoms with Crippen molar-refractivity contribution in [2.75, 3.05) is 6.26 Å². The Bertz CT molecular complexity index is 769. The molecule has 0 amide bonds. The second kappa shape index (κ2) is 5.01. The summed E-state index contributed by atoms with van der Waals surface area (Å²) in [7, 11) is -3.78. The van der Waals surface area contributed by atoms with Crippen molar-refractivity contribution in [3.8, 4) is 11.1 Å². The van der Waals surface area contributed by atoms with Gasteiger partial charge in [-0.15, -0.1) is 0 Å². The molecule has 1 aromatic heterocycles. The van der Waals surface area contributed by atoms with Crippen molar-refractivity contribution in [1.82, 2.24) is 4.98 Å². The molecule has 0 unspecified atom stereocenters. The SMILES string of the molecule is CS(=O)(=O)c1nccc(-c2ccc(F)cc2)c1C(=O)O. The van der Waals surface area contributed by atoms with Gasteiger partial charge in [0.25, 0.3) is 0 Å². The summed E-state index contributed by atoms with van der Waals surface area (Å²) in [6.45, 7) is 0.